The van der Waals surface area contributed by atoms with Crippen molar-refractivity contribution in [3.8, 4) is 0 Å². The molecule has 0 aliphatic heterocycles. The van der Waals surface area contributed by atoms with Gasteiger partial charge in [-0.1, -0.05) is 56.9 Å². The van der Waals surface area contributed by atoms with Crippen molar-refractivity contribution in [2.24, 2.45) is 5.41 Å². The molecular formula is C20H35Cl2P. The topological polar surface area (TPSA) is 0 Å². The molecule has 23 heavy (non-hydrogen) atoms. The van der Waals surface area contributed by atoms with E-state index in [4.69, 9.17) is 23.2 Å². The molecule has 1 rings (SSSR count). The van der Waals surface area contributed by atoms with Gasteiger partial charge in [-0.05, 0) is 50.6 Å². The van der Waals surface area contributed by atoms with Gasteiger partial charge in [-0.2, -0.15) is 0 Å². The average Bonchev–Trinajstić information content (AvgIpc) is 2.60. The first-order chi connectivity index (χ1) is 11.2. The number of rotatable bonds is 13. The van der Waals surface area contributed by atoms with Crippen LogP contribution in [0, 0.1) is 5.41 Å². The summed E-state index contributed by atoms with van der Waals surface area (Å²) in [6.45, 7) is 4.63. The fraction of sp³-hybridized carbons (Fsp3) is 0.800. The molecule has 3 heteroatoms. The Kier molecular flexibility index (Phi) is 12.0. The highest BCUT2D eigenvalue weighted by Gasteiger charge is 2.28. The number of alkyl halides is 2. The molecule has 0 nitrogen and oxygen atoms in total. The number of unbranched alkanes of at least 4 members (excludes halogenated alkanes) is 3. The highest BCUT2D eigenvalue weighted by atomic mass is 35.5. The molecule has 1 atom stereocenters. The summed E-state index contributed by atoms with van der Waals surface area (Å²) in [5.74, 6) is 1.36. The van der Waals surface area contributed by atoms with E-state index in [1.54, 1.807) is 0 Å². The first kappa shape index (κ1) is 21.5. The molecule has 0 bridgehead atoms. The molecule has 0 aromatic carbocycles. The predicted molar refractivity (Wildman–Crippen MR) is 111 cm³/mol. The smallest absolute Gasteiger partial charge is 0.0436 e. The molecule has 1 aliphatic carbocycles. The van der Waals surface area contributed by atoms with Gasteiger partial charge in [0.05, 0.1) is 0 Å². The molecule has 0 radical (unpaired) electrons. The Morgan fingerprint density at radius 3 is 2.22 bits per heavy atom. The van der Waals surface area contributed by atoms with E-state index in [-0.39, 0.29) is 13.3 Å². The largest absolute Gasteiger partial charge is 0.126 e. The lowest BCUT2D eigenvalue weighted by Crippen LogP contribution is -2.23. The Morgan fingerprint density at radius 1 is 1.00 bits per heavy atom. The van der Waals surface area contributed by atoms with Gasteiger partial charge in [0.25, 0.3) is 0 Å². The van der Waals surface area contributed by atoms with Gasteiger partial charge < -0.3 is 0 Å². The van der Waals surface area contributed by atoms with E-state index in [1.165, 1.54) is 69.0 Å². The maximum Gasteiger partial charge on any atom is 0.0436 e. The Balaban J connectivity index is 2.35. The van der Waals surface area contributed by atoms with Crippen molar-refractivity contribution < 1.29 is 0 Å². The van der Waals surface area contributed by atoms with Crippen molar-refractivity contribution >= 4 is 31.1 Å². The fourth-order valence-corrected chi connectivity index (χ4v) is 6.66. The minimum absolute atomic E-state index is 0.163. The quantitative estimate of drug-likeness (QED) is 0.176. The Labute approximate surface area is 155 Å². The highest BCUT2D eigenvalue weighted by Crippen LogP contribution is 2.41. The monoisotopic (exact) mass is 376 g/mol. The Hall–Kier alpha value is 0.490. The lowest BCUT2D eigenvalue weighted by Gasteiger charge is -2.32. The van der Waals surface area contributed by atoms with Crippen LogP contribution in [0.3, 0.4) is 0 Å². The van der Waals surface area contributed by atoms with Crippen LogP contribution in [0.1, 0.15) is 65.2 Å². The summed E-state index contributed by atoms with van der Waals surface area (Å²) >= 11 is 12.3. The van der Waals surface area contributed by atoms with Gasteiger partial charge in [0, 0.05) is 17.2 Å². The third-order valence-electron chi connectivity index (χ3n) is 4.85. The molecule has 134 valence electrons. The maximum absolute atomic E-state index is 6.32. The van der Waals surface area contributed by atoms with Crippen molar-refractivity contribution in [3.05, 3.63) is 23.8 Å². The van der Waals surface area contributed by atoms with Gasteiger partial charge in [-0.15, -0.1) is 31.1 Å². The van der Waals surface area contributed by atoms with Crippen LogP contribution in [-0.4, -0.2) is 30.2 Å². The van der Waals surface area contributed by atoms with Crippen LogP contribution in [-0.2, 0) is 0 Å². The van der Waals surface area contributed by atoms with Gasteiger partial charge in [0.2, 0.25) is 0 Å². The standard InChI is InChI=1S/C20H35Cl2P/c1-3-5-13-23(14-6-4-2)15-8-7-11-20(18-22)12-9-10-19(16-20)17-21/h9-10,12H,3-8,11,13-18H2,1-2H3. The van der Waals surface area contributed by atoms with E-state index in [1.807, 2.05) is 0 Å². The van der Waals surface area contributed by atoms with E-state index < -0.39 is 0 Å². The minimum atomic E-state index is 0.163. The van der Waals surface area contributed by atoms with Crippen LogP contribution in [0.4, 0.5) is 0 Å². The fourth-order valence-electron chi connectivity index (χ4n) is 3.29. The molecule has 0 saturated heterocycles. The molecule has 0 heterocycles. The third-order valence-corrected chi connectivity index (χ3v) is 8.58. The van der Waals surface area contributed by atoms with Crippen molar-refractivity contribution in [2.45, 2.75) is 65.2 Å². The summed E-state index contributed by atoms with van der Waals surface area (Å²) in [6.07, 6.45) is 21.6. The highest BCUT2D eigenvalue weighted by molar-refractivity contribution is 7.57. The van der Waals surface area contributed by atoms with Crippen LogP contribution >= 0.6 is 31.1 Å². The van der Waals surface area contributed by atoms with Crippen molar-refractivity contribution in [1.82, 2.24) is 0 Å². The molecule has 0 fully saturated rings. The van der Waals surface area contributed by atoms with Crippen LogP contribution < -0.4 is 0 Å². The zero-order valence-electron chi connectivity index (χ0n) is 15.1. The summed E-state index contributed by atoms with van der Waals surface area (Å²) in [6, 6.07) is 0. The number of halogens is 2. The Bertz CT molecular complexity index is 357. The molecule has 1 unspecified atom stereocenters. The lowest BCUT2D eigenvalue weighted by molar-refractivity contribution is 0.376. The number of allylic oxidation sites excluding steroid dienone is 4. The van der Waals surface area contributed by atoms with E-state index in [9.17, 15) is 0 Å². The van der Waals surface area contributed by atoms with Gasteiger partial charge in [-0.25, -0.2) is 0 Å². The third kappa shape index (κ3) is 8.42. The molecule has 0 aromatic heterocycles. The van der Waals surface area contributed by atoms with Crippen molar-refractivity contribution in [1.29, 1.82) is 0 Å². The average molecular weight is 377 g/mol. The van der Waals surface area contributed by atoms with Gasteiger partial charge in [-0.3, -0.25) is 0 Å². The molecule has 0 N–H and O–H groups in total. The molecule has 0 amide bonds. The van der Waals surface area contributed by atoms with Gasteiger partial charge in [0.15, 0.2) is 0 Å². The summed E-state index contributed by atoms with van der Waals surface area (Å²) in [5, 5.41) is 0. The van der Waals surface area contributed by atoms with E-state index in [0.717, 1.165) is 12.3 Å². The van der Waals surface area contributed by atoms with Gasteiger partial charge in [0.1, 0.15) is 0 Å². The first-order valence-corrected chi connectivity index (χ1v) is 12.4. The minimum Gasteiger partial charge on any atom is -0.126 e. The predicted octanol–water partition coefficient (Wildman–Crippen LogP) is 7.59. The summed E-state index contributed by atoms with van der Waals surface area (Å²) in [7, 11) is 0.282. The zero-order valence-corrected chi connectivity index (χ0v) is 17.5. The number of hydrogen-bond acceptors (Lipinski definition) is 0. The second-order valence-corrected chi connectivity index (χ2v) is 10.2. The van der Waals surface area contributed by atoms with Crippen molar-refractivity contribution in [3.63, 3.8) is 0 Å². The first-order valence-electron chi connectivity index (χ1n) is 9.41. The SMILES string of the molecule is CCCCP(CCCC)CCCCC1(CCl)C=CC=C(CCl)C1. The van der Waals surface area contributed by atoms with E-state index in [0.29, 0.717) is 5.88 Å². The molecule has 0 aromatic rings. The maximum atomic E-state index is 6.32. The summed E-state index contributed by atoms with van der Waals surface area (Å²) in [4.78, 5) is 0. The Morgan fingerprint density at radius 2 is 1.65 bits per heavy atom. The van der Waals surface area contributed by atoms with Crippen molar-refractivity contribution in [2.75, 3.05) is 30.2 Å². The van der Waals surface area contributed by atoms with Crippen LogP contribution in [0.15, 0.2) is 23.8 Å². The van der Waals surface area contributed by atoms with E-state index in [2.05, 4.69) is 32.1 Å². The molecule has 0 saturated carbocycles. The number of hydrogen-bond donors (Lipinski definition) is 0. The van der Waals surface area contributed by atoms with Crippen LogP contribution in [0.5, 0.6) is 0 Å². The van der Waals surface area contributed by atoms with Gasteiger partial charge >= 0.3 is 0 Å². The lowest BCUT2D eigenvalue weighted by atomic mass is 9.76. The second-order valence-electron chi connectivity index (χ2n) is 7.00. The summed E-state index contributed by atoms with van der Waals surface area (Å²) in [5.41, 5.74) is 1.50. The van der Waals surface area contributed by atoms with Crippen LogP contribution in [0.2, 0.25) is 0 Å². The molecular weight excluding hydrogens is 342 g/mol. The second kappa shape index (κ2) is 12.8. The molecule has 0 spiro atoms. The summed E-state index contributed by atoms with van der Waals surface area (Å²) < 4.78 is 0. The zero-order chi connectivity index (χ0) is 17.0. The normalized spacial score (nSPS) is 21.0. The van der Waals surface area contributed by atoms with Crippen LogP contribution in [0.25, 0.3) is 0 Å². The molecule has 1 aliphatic rings. The van der Waals surface area contributed by atoms with E-state index >= 15 is 0 Å².